The molecule has 0 saturated heterocycles. The Morgan fingerprint density at radius 3 is 0.978 bits per heavy atom. The second kappa shape index (κ2) is 11.6. The van der Waals surface area contributed by atoms with Gasteiger partial charge in [-0.05, 0) is 73.3 Å². The minimum absolute atomic E-state index is 1.14. The van der Waals surface area contributed by atoms with Gasteiger partial charge < -0.3 is 4.98 Å². The van der Waals surface area contributed by atoms with E-state index in [0.717, 1.165) is 5.52 Å². The number of fused-ring (bicyclic) bond motifs is 1. The van der Waals surface area contributed by atoms with E-state index in [1.807, 2.05) is 0 Å². The van der Waals surface area contributed by atoms with Gasteiger partial charge in [-0.15, -0.1) is 0 Å². The fourth-order valence-electron chi connectivity index (χ4n) is 6.21. The van der Waals surface area contributed by atoms with E-state index in [1.165, 1.54) is 72.1 Å². The van der Waals surface area contributed by atoms with Gasteiger partial charge in [-0.2, -0.15) is 0 Å². The molecule has 0 aliphatic carbocycles. The van der Waals surface area contributed by atoms with E-state index in [1.54, 1.807) is 0 Å². The Balaban J connectivity index is 1.03. The molecule has 0 bridgehead atoms. The van der Waals surface area contributed by atoms with Crippen LogP contribution in [0.5, 0.6) is 0 Å². The maximum atomic E-state index is 3.48. The van der Waals surface area contributed by atoms with Crippen molar-refractivity contribution in [2.75, 3.05) is 0 Å². The average molecular weight is 574 g/mol. The maximum absolute atomic E-state index is 3.48. The number of aromatic amines is 1. The molecule has 0 unspecified atom stereocenters. The number of rotatable bonds is 6. The Morgan fingerprint density at radius 1 is 0.267 bits per heavy atom. The highest BCUT2D eigenvalue weighted by Crippen LogP contribution is 2.35. The molecule has 212 valence electrons. The quantitative estimate of drug-likeness (QED) is 0.204. The van der Waals surface area contributed by atoms with Crippen LogP contribution in [0.15, 0.2) is 182 Å². The third kappa shape index (κ3) is 5.37. The monoisotopic (exact) mass is 573 g/mol. The van der Waals surface area contributed by atoms with Gasteiger partial charge in [-0.25, -0.2) is 0 Å². The smallest absolute Gasteiger partial charge is 0.0460 e. The molecule has 1 N–H and O–H groups in total. The molecule has 0 aliphatic heterocycles. The van der Waals surface area contributed by atoms with Crippen LogP contribution in [-0.4, -0.2) is 4.98 Å². The van der Waals surface area contributed by atoms with Crippen molar-refractivity contribution in [1.82, 2.24) is 4.98 Å². The van der Waals surface area contributed by atoms with Crippen molar-refractivity contribution in [1.29, 1.82) is 0 Å². The van der Waals surface area contributed by atoms with Crippen molar-refractivity contribution in [3.63, 3.8) is 0 Å². The molecular weight excluding hydrogens is 542 g/mol. The summed E-state index contributed by atoms with van der Waals surface area (Å²) in [5.74, 6) is 0. The molecule has 0 aliphatic rings. The zero-order chi connectivity index (χ0) is 30.0. The summed E-state index contributed by atoms with van der Waals surface area (Å²) in [5.41, 5.74) is 15.8. The second-order valence-corrected chi connectivity index (χ2v) is 11.5. The third-order valence-electron chi connectivity index (χ3n) is 8.75. The molecule has 0 amide bonds. The number of H-pyrrole nitrogens is 1. The van der Waals surface area contributed by atoms with Gasteiger partial charge in [-0.1, -0.05) is 164 Å². The minimum Gasteiger partial charge on any atom is -0.361 e. The van der Waals surface area contributed by atoms with Gasteiger partial charge in [0, 0.05) is 22.7 Å². The standard InChI is InChI=1S/C44H31N/c1-3-7-31(8-4-1)33-11-15-35(16-12-33)37-19-21-39(22-20-37)41-27-28-44-42(29-41)43(30-45-44)40-25-23-38(24-26-40)36-17-13-34(14-18-36)32-9-5-2-6-10-32/h1-30,45H. The predicted molar refractivity (Wildman–Crippen MR) is 191 cm³/mol. The van der Waals surface area contributed by atoms with E-state index in [9.17, 15) is 0 Å². The van der Waals surface area contributed by atoms with Crippen molar-refractivity contribution in [2.45, 2.75) is 0 Å². The van der Waals surface area contributed by atoms with Crippen LogP contribution in [0.1, 0.15) is 0 Å². The van der Waals surface area contributed by atoms with Crippen LogP contribution in [0.3, 0.4) is 0 Å². The summed E-state index contributed by atoms with van der Waals surface area (Å²) < 4.78 is 0. The summed E-state index contributed by atoms with van der Waals surface area (Å²) in [5, 5.41) is 1.23. The van der Waals surface area contributed by atoms with Crippen LogP contribution in [0.25, 0.3) is 77.7 Å². The normalized spacial score (nSPS) is 11.1. The summed E-state index contributed by atoms with van der Waals surface area (Å²) in [4.78, 5) is 3.48. The van der Waals surface area contributed by atoms with E-state index in [2.05, 4.69) is 187 Å². The molecule has 0 spiro atoms. The van der Waals surface area contributed by atoms with E-state index in [4.69, 9.17) is 0 Å². The first-order valence-corrected chi connectivity index (χ1v) is 15.4. The highest BCUT2D eigenvalue weighted by atomic mass is 14.7. The van der Waals surface area contributed by atoms with Gasteiger partial charge in [0.2, 0.25) is 0 Å². The number of benzene rings is 7. The minimum atomic E-state index is 1.14. The van der Waals surface area contributed by atoms with Gasteiger partial charge in [0.15, 0.2) is 0 Å². The molecule has 45 heavy (non-hydrogen) atoms. The Bertz CT molecular complexity index is 2190. The van der Waals surface area contributed by atoms with Crippen LogP contribution in [-0.2, 0) is 0 Å². The lowest BCUT2D eigenvalue weighted by Crippen LogP contribution is -1.83. The zero-order valence-electron chi connectivity index (χ0n) is 24.8. The molecule has 7 aromatic carbocycles. The Labute approximate surface area is 264 Å². The molecule has 1 aromatic heterocycles. The predicted octanol–water partition coefficient (Wildman–Crippen LogP) is 12.2. The lowest BCUT2D eigenvalue weighted by molar-refractivity contribution is 1.47. The highest BCUT2D eigenvalue weighted by molar-refractivity contribution is 5.98. The Kier molecular flexibility index (Phi) is 6.90. The molecule has 8 rings (SSSR count). The number of aromatic nitrogens is 1. The Hall–Kier alpha value is -5.92. The second-order valence-electron chi connectivity index (χ2n) is 11.5. The Morgan fingerprint density at radius 2 is 0.578 bits per heavy atom. The van der Waals surface area contributed by atoms with Crippen molar-refractivity contribution >= 4 is 10.9 Å². The van der Waals surface area contributed by atoms with Crippen molar-refractivity contribution in [2.24, 2.45) is 0 Å². The molecule has 0 fully saturated rings. The van der Waals surface area contributed by atoms with Crippen LogP contribution in [0.4, 0.5) is 0 Å². The van der Waals surface area contributed by atoms with Crippen LogP contribution in [0.2, 0.25) is 0 Å². The lowest BCUT2D eigenvalue weighted by Gasteiger charge is -2.08. The highest BCUT2D eigenvalue weighted by Gasteiger charge is 2.10. The molecule has 1 heterocycles. The molecule has 0 radical (unpaired) electrons. The van der Waals surface area contributed by atoms with Crippen LogP contribution < -0.4 is 0 Å². The summed E-state index contributed by atoms with van der Waals surface area (Å²) in [6.45, 7) is 0. The molecule has 1 heteroatoms. The van der Waals surface area contributed by atoms with Gasteiger partial charge in [0.05, 0.1) is 0 Å². The fourth-order valence-corrected chi connectivity index (χ4v) is 6.21. The molecule has 8 aromatic rings. The molecular formula is C44H31N. The fraction of sp³-hybridized carbons (Fsp3) is 0. The topological polar surface area (TPSA) is 15.8 Å². The van der Waals surface area contributed by atoms with Crippen molar-refractivity contribution in [3.8, 4) is 66.8 Å². The van der Waals surface area contributed by atoms with Crippen molar-refractivity contribution < 1.29 is 0 Å². The van der Waals surface area contributed by atoms with E-state index in [0.29, 0.717) is 0 Å². The first-order chi connectivity index (χ1) is 22.3. The van der Waals surface area contributed by atoms with E-state index < -0.39 is 0 Å². The molecule has 1 nitrogen and oxygen atoms in total. The summed E-state index contributed by atoms with van der Waals surface area (Å²) in [7, 11) is 0. The summed E-state index contributed by atoms with van der Waals surface area (Å²) in [6.07, 6.45) is 2.13. The third-order valence-corrected chi connectivity index (χ3v) is 8.75. The average Bonchev–Trinajstić information content (AvgIpc) is 3.56. The summed E-state index contributed by atoms with van der Waals surface area (Å²) >= 11 is 0. The maximum Gasteiger partial charge on any atom is 0.0460 e. The number of nitrogens with one attached hydrogen (secondary N) is 1. The summed E-state index contributed by atoms with van der Waals surface area (Å²) in [6, 6.07) is 63.2. The number of hydrogen-bond acceptors (Lipinski definition) is 0. The van der Waals surface area contributed by atoms with E-state index >= 15 is 0 Å². The van der Waals surface area contributed by atoms with Gasteiger partial charge in [-0.3, -0.25) is 0 Å². The molecule has 0 saturated carbocycles. The van der Waals surface area contributed by atoms with E-state index in [-0.39, 0.29) is 0 Å². The van der Waals surface area contributed by atoms with Crippen LogP contribution >= 0.6 is 0 Å². The molecule has 0 atom stereocenters. The SMILES string of the molecule is c1ccc(-c2ccc(-c3ccc(-c4ccc5[nH]cc(-c6ccc(-c7ccc(-c8ccccc8)cc7)cc6)c5c4)cc3)cc2)cc1. The zero-order valence-corrected chi connectivity index (χ0v) is 24.8. The van der Waals surface area contributed by atoms with Gasteiger partial charge in [0.1, 0.15) is 0 Å². The van der Waals surface area contributed by atoms with Crippen LogP contribution in [0, 0.1) is 0 Å². The first kappa shape index (κ1) is 26.7. The first-order valence-electron chi connectivity index (χ1n) is 15.4. The van der Waals surface area contributed by atoms with Crippen molar-refractivity contribution in [3.05, 3.63) is 182 Å². The lowest BCUT2D eigenvalue weighted by atomic mass is 9.96. The van der Waals surface area contributed by atoms with Gasteiger partial charge in [0.25, 0.3) is 0 Å². The largest absolute Gasteiger partial charge is 0.361 e. The van der Waals surface area contributed by atoms with Gasteiger partial charge >= 0.3 is 0 Å². The number of hydrogen-bond donors (Lipinski definition) is 1.